The third-order valence-corrected chi connectivity index (χ3v) is 2.91. The van der Waals surface area contributed by atoms with Gasteiger partial charge in [-0.25, -0.2) is 0 Å². The molecule has 0 atom stereocenters. The molecule has 2 aromatic rings. The molecule has 0 amide bonds. The Bertz CT molecular complexity index is 465. The number of nitrogens with zero attached hydrogens (tertiary/aromatic N) is 2. The van der Waals surface area contributed by atoms with Gasteiger partial charge in [0.25, 0.3) is 0 Å². The molecule has 0 aliphatic rings. The van der Waals surface area contributed by atoms with Gasteiger partial charge in [-0.3, -0.25) is 0 Å². The lowest BCUT2D eigenvalue weighted by molar-refractivity contribution is 0.392. The molecular formula is C13H19N3O. The maximum absolute atomic E-state index is 5.16. The number of hydrogen-bond acceptors (Lipinski definition) is 3. The van der Waals surface area contributed by atoms with Crippen LogP contribution >= 0.6 is 0 Å². The quantitative estimate of drug-likeness (QED) is 0.861. The van der Waals surface area contributed by atoms with E-state index >= 15 is 0 Å². The standard InChI is InChI=1S/C13H19N3O/c1-4-14-7-12-5-6-16(8-12)9-13-10(2)15-17-11(13)3/h5-6,8,14H,4,7,9H2,1-3H3. The van der Waals surface area contributed by atoms with Crippen molar-refractivity contribution < 1.29 is 4.52 Å². The maximum Gasteiger partial charge on any atom is 0.138 e. The Balaban J connectivity index is 2.06. The van der Waals surface area contributed by atoms with Crippen LogP contribution < -0.4 is 5.32 Å². The Labute approximate surface area is 102 Å². The van der Waals surface area contributed by atoms with Crippen LogP contribution in [-0.4, -0.2) is 16.3 Å². The summed E-state index contributed by atoms with van der Waals surface area (Å²) in [5.41, 5.74) is 3.46. The van der Waals surface area contributed by atoms with Crippen LogP contribution in [0.25, 0.3) is 0 Å². The second kappa shape index (κ2) is 5.19. The van der Waals surface area contributed by atoms with E-state index in [4.69, 9.17) is 4.52 Å². The van der Waals surface area contributed by atoms with E-state index in [1.807, 2.05) is 13.8 Å². The van der Waals surface area contributed by atoms with Gasteiger partial charge in [0.1, 0.15) is 5.76 Å². The molecule has 0 saturated carbocycles. The molecule has 0 aliphatic carbocycles. The molecule has 4 nitrogen and oxygen atoms in total. The fourth-order valence-electron chi connectivity index (χ4n) is 1.87. The van der Waals surface area contributed by atoms with Crippen molar-refractivity contribution in [2.24, 2.45) is 0 Å². The smallest absolute Gasteiger partial charge is 0.138 e. The zero-order valence-corrected chi connectivity index (χ0v) is 10.7. The lowest BCUT2D eigenvalue weighted by Crippen LogP contribution is -2.11. The number of aryl methyl sites for hydroxylation is 2. The second-order valence-electron chi connectivity index (χ2n) is 4.28. The summed E-state index contributed by atoms with van der Waals surface area (Å²) in [6.07, 6.45) is 4.26. The molecule has 0 fully saturated rings. The van der Waals surface area contributed by atoms with Crippen molar-refractivity contribution in [2.75, 3.05) is 6.54 Å². The van der Waals surface area contributed by atoms with Crippen LogP contribution in [0.4, 0.5) is 0 Å². The summed E-state index contributed by atoms with van der Waals surface area (Å²) < 4.78 is 7.33. The van der Waals surface area contributed by atoms with E-state index in [1.54, 1.807) is 0 Å². The van der Waals surface area contributed by atoms with Crippen molar-refractivity contribution in [1.29, 1.82) is 0 Å². The molecule has 1 N–H and O–H groups in total. The van der Waals surface area contributed by atoms with Gasteiger partial charge < -0.3 is 14.4 Å². The highest BCUT2D eigenvalue weighted by atomic mass is 16.5. The lowest BCUT2D eigenvalue weighted by atomic mass is 10.2. The molecule has 17 heavy (non-hydrogen) atoms. The summed E-state index contributed by atoms with van der Waals surface area (Å²) in [6, 6.07) is 2.14. The Morgan fingerprint density at radius 2 is 2.24 bits per heavy atom. The zero-order valence-electron chi connectivity index (χ0n) is 10.7. The predicted molar refractivity (Wildman–Crippen MR) is 66.9 cm³/mol. The minimum Gasteiger partial charge on any atom is -0.361 e. The molecule has 2 aromatic heterocycles. The van der Waals surface area contributed by atoms with Crippen LogP contribution in [0.5, 0.6) is 0 Å². The third kappa shape index (κ3) is 2.77. The highest BCUT2D eigenvalue weighted by Crippen LogP contribution is 2.14. The lowest BCUT2D eigenvalue weighted by Gasteiger charge is -2.02. The second-order valence-corrected chi connectivity index (χ2v) is 4.28. The zero-order chi connectivity index (χ0) is 12.3. The average Bonchev–Trinajstić information content (AvgIpc) is 2.88. The van der Waals surface area contributed by atoms with E-state index < -0.39 is 0 Å². The molecule has 0 saturated heterocycles. The Morgan fingerprint density at radius 1 is 1.41 bits per heavy atom. The predicted octanol–water partition coefficient (Wildman–Crippen LogP) is 2.25. The fraction of sp³-hybridized carbons (Fsp3) is 0.462. The van der Waals surface area contributed by atoms with E-state index in [0.717, 1.165) is 31.1 Å². The van der Waals surface area contributed by atoms with Crippen LogP contribution in [0.3, 0.4) is 0 Å². The van der Waals surface area contributed by atoms with Crippen molar-refractivity contribution in [3.8, 4) is 0 Å². The van der Waals surface area contributed by atoms with Crippen LogP contribution in [0, 0.1) is 13.8 Å². The fourth-order valence-corrected chi connectivity index (χ4v) is 1.87. The minimum atomic E-state index is 0.827. The van der Waals surface area contributed by atoms with Crippen molar-refractivity contribution in [3.05, 3.63) is 41.0 Å². The van der Waals surface area contributed by atoms with Gasteiger partial charge in [-0.05, 0) is 32.0 Å². The molecule has 0 spiro atoms. The topological polar surface area (TPSA) is 43.0 Å². The van der Waals surface area contributed by atoms with Crippen molar-refractivity contribution in [3.63, 3.8) is 0 Å². The van der Waals surface area contributed by atoms with E-state index in [0.29, 0.717) is 0 Å². The van der Waals surface area contributed by atoms with E-state index in [-0.39, 0.29) is 0 Å². The summed E-state index contributed by atoms with van der Waals surface area (Å²) >= 11 is 0. The van der Waals surface area contributed by atoms with E-state index in [9.17, 15) is 0 Å². The van der Waals surface area contributed by atoms with Gasteiger partial charge in [0.05, 0.1) is 12.2 Å². The third-order valence-electron chi connectivity index (χ3n) is 2.91. The molecule has 92 valence electrons. The van der Waals surface area contributed by atoms with Crippen molar-refractivity contribution >= 4 is 0 Å². The summed E-state index contributed by atoms with van der Waals surface area (Å²) in [4.78, 5) is 0. The summed E-state index contributed by atoms with van der Waals surface area (Å²) in [6.45, 7) is 8.79. The molecule has 0 aliphatic heterocycles. The summed E-state index contributed by atoms with van der Waals surface area (Å²) in [7, 11) is 0. The number of rotatable bonds is 5. The Hall–Kier alpha value is -1.55. The maximum atomic E-state index is 5.16. The first-order valence-corrected chi connectivity index (χ1v) is 5.97. The molecule has 4 heteroatoms. The Morgan fingerprint density at radius 3 is 2.88 bits per heavy atom. The molecule has 2 rings (SSSR count). The van der Waals surface area contributed by atoms with Gasteiger partial charge in [-0.2, -0.15) is 0 Å². The first-order chi connectivity index (χ1) is 8.20. The first-order valence-electron chi connectivity index (χ1n) is 5.97. The molecule has 2 heterocycles. The Kier molecular flexibility index (Phi) is 3.64. The van der Waals surface area contributed by atoms with Crippen LogP contribution in [0.1, 0.15) is 29.5 Å². The van der Waals surface area contributed by atoms with Gasteiger partial charge in [0.2, 0.25) is 0 Å². The van der Waals surface area contributed by atoms with Crippen LogP contribution in [0.15, 0.2) is 23.0 Å². The van der Waals surface area contributed by atoms with Gasteiger partial charge in [0.15, 0.2) is 0 Å². The number of hydrogen-bond donors (Lipinski definition) is 1. The molecule has 0 unspecified atom stereocenters. The first kappa shape index (κ1) is 11.9. The normalized spacial score (nSPS) is 11.0. The van der Waals surface area contributed by atoms with Crippen molar-refractivity contribution in [2.45, 2.75) is 33.9 Å². The molecule has 0 aromatic carbocycles. The minimum absolute atomic E-state index is 0.827. The molecule has 0 bridgehead atoms. The number of aromatic nitrogens is 2. The molecular weight excluding hydrogens is 214 g/mol. The largest absolute Gasteiger partial charge is 0.361 e. The average molecular weight is 233 g/mol. The van der Waals surface area contributed by atoms with E-state index in [2.05, 4.69) is 40.4 Å². The highest BCUT2D eigenvalue weighted by Gasteiger charge is 2.09. The van der Waals surface area contributed by atoms with Gasteiger partial charge in [-0.15, -0.1) is 0 Å². The monoisotopic (exact) mass is 233 g/mol. The van der Waals surface area contributed by atoms with Gasteiger partial charge in [-0.1, -0.05) is 12.1 Å². The number of nitrogens with one attached hydrogen (secondary N) is 1. The van der Waals surface area contributed by atoms with Crippen molar-refractivity contribution in [1.82, 2.24) is 15.0 Å². The van der Waals surface area contributed by atoms with Gasteiger partial charge >= 0.3 is 0 Å². The van der Waals surface area contributed by atoms with E-state index in [1.165, 1.54) is 11.1 Å². The van der Waals surface area contributed by atoms with Crippen LogP contribution in [0.2, 0.25) is 0 Å². The summed E-state index contributed by atoms with van der Waals surface area (Å²) in [5, 5.41) is 7.28. The van der Waals surface area contributed by atoms with Crippen LogP contribution in [-0.2, 0) is 13.1 Å². The SMILES string of the molecule is CCNCc1ccn(Cc2c(C)noc2C)c1. The molecule has 0 radical (unpaired) electrons. The summed E-state index contributed by atoms with van der Waals surface area (Å²) in [5.74, 6) is 0.907. The van der Waals surface area contributed by atoms with Gasteiger partial charge in [0, 0.05) is 24.5 Å². The highest BCUT2D eigenvalue weighted by molar-refractivity contribution is 5.22.